The molecule has 0 amide bonds. The fourth-order valence-electron chi connectivity index (χ4n) is 2.97. The Morgan fingerprint density at radius 2 is 2.17 bits per heavy atom. The average molecular weight is 318 g/mol. The van der Waals surface area contributed by atoms with Crippen LogP contribution in [-0.2, 0) is 13.0 Å². The highest BCUT2D eigenvalue weighted by Gasteiger charge is 2.18. The number of aliphatic hydroxyl groups is 1. The quantitative estimate of drug-likeness (QED) is 0.724. The van der Waals surface area contributed by atoms with Crippen LogP contribution in [0.1, 0.15) is 5.56 Å². The molecule has 124 valence electrons. The molecule has 23 heavy (non-hydrogen) atoms. The van der Waals surface area contributed by atoms with Crippen LogP contribution in [0.4, 0.5) is 10.2 Å². The van der Waals surface area contributed by atoms with Gasteiger partial charge < -0.3 is 15.7 Å². The number of anilines is 1. The van der Waals surface area contributed by atoms with Crippen molar-refractivity contribution in [1.82, 2.24) is 15.1 Å². The van der Waals surface area contributed by atoms with E-state index in [2.05, 4.69) is 15.7 Å². The molecule has 2 aromatic rings. The number of nitrogens with one attached hydrogen (secondary N) is 2. The Balaban J connectivity index is 1.43. The van der Waals surface area contributed by atoms with Crippen LogP contribution in [0, 0.1) is 17.7 Å². The molecule has 0 saturated carbocycles. The molecule has 5 nitrogen and oxygen atoms in total. The van der Waals surface area contributed by atoms with E-state index < -0.39 is 0 Å². The topological polar surface area (TPSA) is 62.1 Å². The van der Waals surface area contributed by atoms with Crippen molar-refractivity contribution >= 4 is 5.82 Å². The van der Waals surface area contributed by atoms with E-state index >= 15 is 0 Å². The van der Waals surface area contributed by atoms with Gasteiger partial charge in [-0.1, -0.05) is 12.1 Å². The fourth-order valence-corrected chi connectivity index (χ4v) is 2.97. The molecule has 0 saturated heterocycles. The van der Waals surface area contributed by atoms with Gasteiger partial charge in [-0.3, -0.25) is 0 Å². The van der Waals surface area contributed by atoms with Crippen molar-refractivity contribution in [3.8, 4) is 0 Å². The van der Waals surface area contributed by atoms with E-state index in [1.807, 2.05) is 16.9 Å². The predicted octanol–water partition coefficient (Wildman–Crippen LogP) is 1.50. The fraction of sp³-hybridized carbons (Fsp3) is 0.471. The molecule has 0 bridgehead atoms. The molecule has 1 aromatic heterocycles. The van der Waals surface area contributed by atoms with E-state index in [1.54, 1.807) is 12.1 Å². The van der Waals surface area contributed by atoms with Crippen molar-refractivity contribution in [3.05, 3.63) is 47.9 Å². The Morgan fingerprint density at radius 1 is 1.35 bits per heavy atom. The Hall–Kier alpha value is -1.92. The van der Waals surface area contributed by atoms with Crippen LogP contribution in [0.15, 0.2) is 36.5 Å². The summed E-state index contributed by atoms with van der Waals surface area (Å²) >= 11 is 0. The van der Waals surface area contributed by atoms with Crippen molar-refractivity contribution in [2.45, 2.75) is 13.0 Å². The maximum Gasteiger partial charge on any atom is 0.124 e. The summed E-state index contributed by atoms with van der Waals surface area (Å²) in [6.45, 7) is 3.59. The molecule has 2 heterocycles. The van der Waals surface area contributed by atoms with Crippen molar-refractivity contribution in [2.75, 3.05) is 31.6 Å². The van der Waals surface area contributed by atoms with E-state index in [9.17, 15) is 9.50 Å². The molecule has 0 radical (unpaired) electrons. The Kier molecular flexibility index (Phi) is 5.25. The standard InChI is InChI=1S/C17H23FN4O/c18-16-3-1-13(2-4-16)7-14(12-23)8-19-9-15-10-20-17-5-6-21-22(17)11-15/h1-6,14-15,19-20,23H,7-12H2/t14-,15-/m1/s1. The summed E-state index contributed by atoms with van der Waals surface area (Å²) in [5, 5.41) is 20.6. The van der Waals surface area contributed by atoms with Crippen molar-refractivity contribution < 1.29 is 9.50 Å². The van der Waals surface area contributed by atoms with E-state index in [0.717, 1.165) is 44.0 Å². The number of aliphatic hydroxyl groups excluding tert-OH is 1. The number of halogens is 1. The zero-order chi connectivity index (χ0) is 16.1. The van der Waals surface area contributed by atoms with Gasteiger partial charge in [0.15, 0.2) is 0 Å². The zero-order valence-electron chi connectivity index (χ0n) is 13.1. The van der Waals surface area contributed by atoms with Crippen molar-refractivity contribution in [3.63, 3.8) is 0 Å². The smallest absolute Gasteiger partial charge is 0.124 e. The Morgan fingerprint density at radius 3 is 2.96 bits per heavy atom. The van der Waals surface area contributed by atoms with E-state index in [4.69, 9.17) is 0 Å². The second-order valence-electron chi connectivity index (χ2n) is 6.18. The van der Waals surface area contributed by atoms with E-state index in [1.165, 1.54) is 12.1 Å². The molecule has 1 aromatic carbocycles. The summed E-state index contributed by atoms with van der Waals surface area (Å²) in [6.07, 6.45) is 2.55. The molecular weight excluding hydrogens is 295 g/mol. The molecule has 0 unspecified atom stereocenters. The van der Waals surface area contributed by atoms with E-state index in [-0.39, 0.29) is 18.3 Å². The van der Waals surface area contributed by atoms with Crippen LogP contribution in [0.5, 0.6) is 0 Å². The third-order valence-electron chi connectivity index (χ3n) is 4.28. The minimum atomic E-state index is -0.227. The van der Waals surface area contributed by atoms with Crippen LogP contribution in [0.25, 0.3) is 0 Å². The van der Waals surface area contributed by atoms with Crippen molar-refractivity contribution in [1.29, 1.82) is 0 Å². The maximum atomic E-state index is 12.9. The summed E-state index contributed by atoms with van der Waals surface area (Å²) < 4.78 is 14.9. The van der Waals surface area contributed by atoms with Gasteiger partial charge in [-0.15, -0.1) is 0 Å². The molecule has 2 atom stereocenters. The lowest BCUT2D eigenvalue weighted by atomic mass is 9.99. The lowest BCUT2D eigenvalue weighted by Crippen LogP contribution is -2.37. The van der Waals surface area contributed by atoms with Gasteiger partial charge in [0.1, 0.15) is 11.6 Å². The average Bonchev–Trinajstić information content (AvgIpc) is 3.03. The number of fused-ring (bicyclic) bond motifs is 1. The number of benzene rings is 1. The largest absolute Gasteiger partial charge is 0.396 e. The van der Waals surface area contributed by atoms with Gasteiger partial charge in [-0.05, 0) is 30.0 Å². The Bertz CT molecular complexity index is 613. The molecule has 0 fully saturated rings. The van der Waals surface area contributed by atoms with Gasteiger partial charge in [0.05, 0.1) is 6.20 Å². The number of hydrogen-bond acceptors (Lipinski definition) is 4. The number of aromatic nitrogens is 2. The molecule has 0 spiro atoms. The highest BCUT2D eigenvalue weighted by molar-refractivity contribution is 5.35. The van der Waals surface area contributed by atoms with Gasteiger partial charge >= 0.3 is 0 Å². The third kappa shape index (κ3) is 4.30. The van der Waals surface area contributed by atoms with Crippen LogP contribution >= 0.6 is 0 Å². The molecule has 1 aliphatic rings. The number of hydrogen-bond donors (Lipinski definition) is 3. The van der Waals surface area contributed by atoms with Crippen molar-refractivity contribution in [2.24, 2.45) is 11.8 Å². The first-order chi connectivity index (χ1) is 11.2. The summed E-state index contributed by atoms with van der Waals surface area (Å²) in [5.41, 5.74) is 1.05. The van der Waals surface area contributed by atoms with Crippen LogP contribution in [-0.4, -0.2) is 41.1 Å². The van der Waals surface area contributed by atoms with Crippen LogP contribution < -0.4 is 10.6 Å². The van der Waals surface area contributed by atoms with Gasteiger partial charge in [-0.2, -0.15) is 5.10 Å². The summed E-state index contributed by atoms with van der Waals surface area (Å²) in [7, 11) is 0. The molecule has 6 heteroatoms. The highest BCUT2D eigenvalue weighted by Crippen LogP contribution is 2.16. The monoisotopic (exact) mass is 318 g/mol. The summed E-state index contributed by atoms with van der Waals surface area (Å²) in [4.78, 5) is 0. The van der Waals surface area contributed by atoms with Gasteiger partial charge in [-0.25, -0.2) is 9.07 Å². The molecule has 3 N–H and O–H groups in total. The lowest BCUT2D eigenvalue weighted by molar-refractivity contribution is 0.219. The van der Waals surface area contributed by atoms with Gasteiger partial charge in [0.25, 0.3) is 0 Å². The second-order valence-corrected chi connectivity index (χ2v) is 6.18. The highest BCUT2D eigenvalue weighted by atomic mass is 19.1. The SMILES string of the molecule is OC[C@@H](CNC[C@@H]1CNc2ccnn2C1)Cc1ccc(F)cc1. The first-order valence-corrected chi connectivity index (χ1v) is 8.06. The summed E-state index contributed by atoms with van der Waals surface area (Å²) in [5.74, 6) is 1.46. The van der Waals surface area contributed by atoms with Crippen LogP contribution in [0.3, 0.4) is 0 Å². The third-order valence-corrected chi connectivity index (χ3v) is 4.28. The predicted molar refractivity (Wildman–Crippen MR) is 87.8 cm³/mol. The van der Waals surface area contributed by atoms with Gasteiger partial charge in [0, 0.05) is 44.8 Å². The minimum Gasteiger partial charge on any atom is -0.396 e. The first-order valence-electron chi connectivity index (χ1n) is 8.06. The molecule has 3 rings (SSSR count). The Labute approximate surface area is 135 Å². The normalized spacial score (nSPS) is 18.3. The van der Waals surface area contributed by atoms with Gasteiger partial charge in [0.2, 0.25) is 0 Å². The number of nitrogens with zero attached hydrogens (tertiary/aromatic N) is 2. The number of rotatable bonds is 7. The van der Waals surface area contributed by atoms with Crippen LogP contribution in [0.2, 0.25) is 0 Å². The second kappa shape index (κ2) is 7.57. The maximum absolute atomic E-state index is 12.9. The van der Waals surface area contributed by atoms with E-state index in [0.29, 0.717) is 5.92 Å². The first kappa shape index (κ1) is 16.0. The zero-order valence-corrected chi connectivity index (χ0v) is 13.1. The molecule has 0 aliphatic carbocycles. The summed E-state index contributed by atoms with van der Waals surface area (Å²) in [6, 6.07) is 8.47. The minimum absolute atomic E-state index is 0.122. The molecular formula is C17H23FN4O. The molecule has 1 aliphatic heterocycles. The lowest BCUT2D eigenvalue weighted by Gasteiger charge is -2.26.